The van der Waals surface area contributed by atoms with E-state index in [0.29, 0.717) is 36.5 Å². The van der Waals surface area contributed by atoms with E-state index in [1.807, 2.05) is 30.3 Å². The van der Waals surface area contributed by atoms with Crippen LogP contribution in [0.4, 0.5) is 4.79 Å². The van der Waals surface area contributed by atoms with Gasteiger partial charge in [-0.1, -0.05) is 42.3 Å². The molecule has 0 bridgehead atoms. The lowest BCUT2D eigenvalue weighted by atomic mass is 9.55. The Kier molecular flexibility index (Phi) is 16.6. The summed E-state index contributed by atoms with van der Waals surface area (Å²) in [6.07, 6.45) is 10.4. The summed E-state index contributed by atoms with van der Waals surface area (Å²) in [6.45, 7) is 12.6. The van der Waals surface area contributed by atoms with Gasteiger partial charge in [0.25, 0.3) is 0 Å². The van der Waals surface area contributed by atoms with E-state index >= 15 is 0 Å². The Labute approximate surface area is 337 Å². The first-order valence-electron chi connectivity index (χ1n) is 20.4. The molecule has 0 saturated heterocycles. The van der Waals surface area contributed by atoms with Crippen LogP contribution in [-0.4, -0.2) is 104 Å². The van der Waals surface area contributed by atoms with Crippen LogP contribution >= 0.6 is 0 Å². The van der Waals surface area contributed by atoms with E-state index in [1.165, 1.54) is 12.7 Å². The molecule has 5 rings (SSSR count). The van der Waals surface area contributed by atoms with Crippen LogP contribution in [-0.2, 0) is 19.0 Å². The number of carbonyl (C=O) groups is 1. The molecule has 0 radical (unpaired) electrons. The van der Waals surface area contributed by atoms with Gasteiger partial charge in [-0.05, 0) is 105 Å². The summed E-state index contributed by atoms with van der Waals surface area (Å²) >= 11 is 0. The monoisotopic (exact) mass is 790 g/mol. The molecular weight excluding hydrogens is 728 g/mol. The Hall–Kier alpha value is -4.20. The molecule has 312 valence electrons. The number of carbonyl (C=O) groups excluding carboxylic acids is 1. The Balaban J connectivity index is 1.74. The highest BCUT2D eigenvalue weighted by Crippen LogP contribution is 2.62. The minimum atomic E-state index is -1.44. The minimum absolute atomic E-state index is 0.0543. The number of aliphatic hydroxyl groups is 3. The number of oxime groups is 1. The Morgan fingerprint density at radius 3 is 2.40 bits per heavy atom. The molecule has 2 aromatic carbocycles. The molecule has 3 aliphatic rings. The maximum Gasteiger partial charge on any atom is 0.410 e. The van der Waals surface area contributed by atoms with E-state index in [-0.39, 0.29) is 77.0 Å². The van der Waals surface area contributed by atoms with Crippen LogP contribution in [0.15, 0.2) is 78.5 Å². The first-order valence-corrected chi connectivity index (χ1v) is 20.4. The van der Waals surface area contributed by atoms with Gasteiger partial charge in [0.1, 0.15) is 30.4 Å². The summed E-state index contributed by atoms with van der Waals surface area (Å²) in [5.74, 6) is 0.00459. The SMILES string of the molecule is C=CCCOC(=O)N(CCOCCO)C1CC(=NOC)C2=CC(CCCCO)C(CCCCO)C3c4cc(Oc5ccc(C)c(C)c5)ccc4OC1(OCC=C)C23. The molecule has 6 atom stereocenters. The molecule has 1 amide bonds. The van der Waals surface area contributed by atoms with Crippen LogP contribution < -0.4 is 9.47 Å². The number of fused-ring (bicyclic) bond motifs is 2. The Bertz CT molecular complexity index is 1710. The summed E-state index contributed by atoms with van der Waals surface area (Å²) in [4.78, 5) is 21.4. The molecule has 2 aromatic rings. The van der Waals surface area contributed by atoms with Crippen molar-refractivity contribution < 1.29 is 48.6 Å². The molecule has 12 heteroatoms. The van der Waals surface area contributed by atoms with E-state index in [4.69, 9.17) is 28.5 Å². The predicted octanol–water partition coefficient (Wildman–Crippen LogP) is 7.38. The number of rotatable bonds is 23. The molecule has 1 fully saturated rings. The van der Waals surface area contributed by atoms with Crippen molar-refractivity contribution in [2.45, 2.75) is 83.0 Å². The molecule has 0 aromatic heterocycles. The third-order valence-electron chi connectivity index (χ3n) is 11.4. The number of nitrogens with zero attached hydrogens (tertiary/aromatic N) is 2. The number of allylic oxidation sites excluding steroid dienone is 1. The minimum Gasteiger partial charge on any atom is -0.459 e. The number of unbranched alkanes of at least 4 members (excludes halogenated alkanes) is 2. The summed E-state index contributed by atoms with van der Waals surface area (Å²) < 4.78 is 32.3. The maximum atomic E-state index is 14.2. The van der Waals surface area contributed by atoms with Gasteiger partial charge in [-0.25, -0.2) is 4.79 Å². The van der Waals surface area contributed by atoms with Crippen molar-refractivity contribution in [2.75, 3.05) is 59.9 Å². The van der Waals surface area contributed by atoms with Crippen LogP contribution in [0, 0.1) is 31.6 Å². The lowest BCUT2D eigenvalue weighted by molar-refractivity contribution is -0.256. The summed E-state index contributed by atoms with van der Waals surface area (Å²) in [5, 5.41) is 33.8. The van der Waals surface area contributed by atoms with Gasteiger partial charge in [0.15, 0.2) is 0 Å². The topological polar surface area (TPSA) is 149 Å². The number of aryl methyl sites for hydroxylation is 2. The second kappa shape index (κ2) is 21.5. The first-order chi connectivity index (χ1) is 27.8. The van der Waals surface area contributed by atoms with Gasteiger partial charge in [-0.3, -0.25) is 4.90 Å². The van der Waals surface area contributed by atoms with Gasteiger partial charge in [0.05, 0.1) is 44.7 Å². The molecule has 12 nitrogen and oxygen atoms in total. The lowest BCUT2D eigenvalue weighted by Gasteiger charge is -2.59. The van der Waals surface area contributed by atoms with Gasteiger partial charge in [0, 0.05) is 37.7 Å². The smallest absolute Gasteiger partial charge is 0.410 e. The van der Waals surface area contributed by atoms with Crippen LogP contribution in [0.5, 0.6) is 17.2 Å². The van der Waals surface area contributed by atoms with Crippen LogP contribution in [0.25, 0.3) is 0 Å². The van der Waals surface area contributed by atoms with Crippen molar-refractivity contribution >= 4 is 11.8 Å². The van der Waals surface area contributed by atoms with Gasteiger partial charge < -0.3 is 43.8 Å². The number of ether oxygens (including phenoxy) is 5. The standard InChI is InChI=1S/C45H62N2O10/c1-6-8-24-54-44(51)47(19-25-53-26-22-50)41-30-39(46-52-5)37-28-33(13-9-11-20-48)36(14-10-12-21-49)42-38-29-35(56-34-16-15-31(3)32(4)27-34)17-18-40(38)57-45(41,43(37)42)55-23-7-2/h6-7,15-18,27-29,33,36,41-43,48-50H,1-2,8-14,19-26,30H2,3-5H3. The van der Waals surface area contributed by atoms with Crippen LogP contribution in [0.2, 0.25) is 0 Å². The highest BCUT2D eigenvalue weighted by molar-refractivity contribution is 6.03. The highest BCUT2D eigenvalue weighted by atomic mass is 16.7. The first kappa shape index (κ1) is 43.9. The van der Waals surface area contributed by atoms with Crippen molar-refractivity contribution in [3.05, 3.63) is 90.0 Å². The second-order valence-electron chi connectivity index (χ2n) is 15.0. The number of hydrogen-bond acceptors (Lipinski definition) is 11. The van der Waals surface area contributed by atoms with Crippen LogP contribution in [0.1, 0.15) is 74.0 Å². The number of benzene rings is 2. The van der Waals surface area contributed by atoms with Crippen molar-refractivity contribution in [3.8, 4) is 17.2 Å². The zero-order chi connectivity index (χ0) is 40.8. The van der Waals surface area contributed by atoms with E-state index in [2.05, 4.69) is 44.3 Å². The summed E-state index contributed by atoms with van der Waals surface area (Å²) in [5.41, 5.74) is 4.86. The zero-order valence-electron chi connectivity index (χ0n) is 33.9. The fourth-order valence-corrected chi connectivity index (χ4v) is 8.75. The lowest BCUT2D eigenvalue weighted by Crippen LogP contribution is -2.70. The second-order valence-corrected chi connectivity index (χ2v) is 15.0. The van der Waals surface area contributed by atoms with Crippen molar-refractivity contribution in [1.29, 1.82) is 0 Å². The van der Waals surface area contributed by atoms with Gasteiger partial charge in [-0.15, -0.1) is 13.2 Å². The number of hydrogen-bond donors (Lipinski definition) is 3. The predicted molar refractivity (Wildman–Crippen MR) is 219 cm³/mol. The van der Waals surface area contributed by atoms with E-state index in [9.17, 15) is 20.1 Å². The van der Waals surface area contributed by atoms with E-state index in [0.717, 1.165) is 48.1 Å². The van der Waals surface area contributed by atoms with E-state index < -0.39 is 23.8 Å². The molecule has 57 heavy (non-hydrogen) atoms. The molecule has 3 N–H and O–H groups in total. The maximum absolute atomic E-state index is 14.2. The zero-order valence-corrected chi connectivity index (χ0v) is 33.9. The molecule has 1 aliphatic heterocycles. The van der Waals surface area contributed by atoms with Crippen molar-refractivity contribution in [2.24, 2.45) is 22.9 Å². The average Bonchev–Trinajstić information content (AvgIpc) is 3.20. The Morgan fingerprint density at radius 2 is 1.70 bits per heavy atom. The summed E-state index contributed by atoms with van der Waals surface area (Å²) in [7, 11) is 1.52. The number of aliphatic hydroxyl groups excluding tert-OH is 3. The van der Waals surface area contributed by atoms with Gasteiger partial charge in [-0.2, -0.15) is 0 Å². The number of amides is 1. The van der Waals surface area contributed by atoms with Gasteiger partial charge in [0.2, 0.25) is 5.79 Å². The molecule has 1 heterocycles. The van der Waals surface area contributed by atoms with Gasteiger partial charge >= 0.3 is 6.09 Å². The Morgan fingerprint density at radius 1 is 0.947 bits per heavy atom. The third-order valence-corrected chi connectivity index (χ3v) is 11.4. The highest BCUT2D eigenvalue weighted by Gasteiger charge is 2.65. The summed E-state index contributed by atoms with van der Waals surface area (Å²) in [6, 6.07) is 11.2. The molecule has 2 aliphatic carbocycles. The normalized spacial score (nSPS) is 24.1. The van der Waals surface area contributed by atoms with Crippen molar-refractivity contribution in [3.63, 3.8) is 0 Å². The van der Waals surface area contributed by atoms with Crippen LogP contribution in [0.3, 0.4) is 0 Å². The third kappa shape index (κ3) is 10.3. The van der Waals surface area contributed by atoms with E-state index in [1.54, 1.807) is 17.1 Å². The molecular formula is C45H62N2O10. The van der Waals surface area contributed by atoms with Crippen molar-refractivity contribution in [1.82, 2.24) is 4.90 Å². The molecule has 1 saturated carbocycles. The largest absolute Gasteiger partial charge is 0.459 e. The molecule has 0 spiro atoms. The fraction of sp³-hybridized carbons (Fsp3) is 0.556. The quantitative estimate of drug-likeness (QED) is 0.0592. The fourth-order valence-electron chi connectivity index (χ4n) is 8.75. The average molecular weight is 791 g/mol. The molecule has 6 unspecified atom stereocenters.